The molecule has 0 spiro atoms. The molecule has 0 aliphatic carbocycles. The fourth-order valence-corrected chi connectivity index (χ4v) is 2.12. The van der Waals surface area contributed by atoms with E-state index in [4.69, 9.17) is 4.74 Å². The number of ether oxygens (including phenoxy) is 1. The Hall–Kier alpha value is -0.370. The lowest BCUT2D eigenvalue weighted by atomic mass is 9.82. The van der Waals surface area contributed by atoms with E-state index in [-0.39, 0.29) is 6.10 Å². The zero-order valence-electron chi connectivity index (χ0n) is 10.7. The van der Waals surface area contributed by atoms with Gasteiger partial charge in [0.25, 0.3) is 0 Å². The number of aldehydes is 1. The molecular weight excluding hydrogens is 188 g/mol. The topological polar surface area (TPSA) is 26.3 Å². The van der Waals surface area contributed by atoms with E-state index in [2.05, 4.69) is 20.8 Å². The third-order valence-corrected chi connectivity index (χ3v) is 3.37. The molecule has 0 amide bonds. The Morgan fingerprint density at radius 1 is 1.33 bits per heavy atom. The second-order valence-electron chi connectivity index (χ2n) is 4.37. The van der Waals surface area contributed by atoms with E-state index in [9.17, 15) is 4.79 Å². The van der Waals surface area contributed by atoms with Crippen LogP contribution in [0.15, 0.2) is 0 Å². The van der Waals surface area contributed by atoms with Crippen molar-refractivity contribution in [1.29, 1.82) is 0 Å². The van der Waals surface area contributed by atoms with Gasteiger partial charge in [-0.05, 0) is 18.3 Å². The van der Waals surface area contributed by atoms with Crippen LogP contribution < -0.4 is 0 Å². The molecule has 0 aliphatic rings. The molecule has 3 atom stereocenters. The minimum absolute atomic E-state index is 0.115. The van der Waals surface area contributed by atoms with Gasteiger partial charge in [-0.1, -0.05) is 40.0 Å². The average molecular weight is 214 g/mol. The Bertz CT molecular complexity index is 157. The number of methoxy groups -OCH3 is 1. The summed E-state index contributed by atoms with van der Waals surface area (Å²) in [7, 11) is 1.72. The normalized spacial score (nSPS) is 17.1. The molecule has 2 heteroatoms. The van der Waals surface area contributed by atoms with Crippen molar-refractivity contribution in [2.75, 3.05) is 7.11 Å². The molecule has 0 N–H and O–H groups in total. The van der Waals surface area contributed by atoms with Crippen LogP contribution in [0.3, 0.4) is 0 Å². The van der Waals surface area contributed by atoms with Crippen LogP contribution >= 0.6 is 0 Å². The van der Waals surface area contributed by atoms with Gasteiger partial charge in [0.2, 0.25) is 0 Å². The van der Waals surface area contributed by atoms with Crippen molar-refractivity contribution >= 4 is 6.29 Å². The molecule has 0 aliphatic heterocycles. The molecule has 0 bridgehead atoms. The Balaban J connectivity index is 4.34. The maximum atomic E-state index is 10.6. The van der Waals surface area contributed by atoms with Crippen LogP contribution in [0.25, 0.3) is 0 Å². The fraction of sp³-hybridized carbons (Fsp3) is 0.923. The Labute approximate surface area is 94.4 Å². The molecule has 3 unspecified atom stereocenters. The van der Waals surface area contributed by atoms with Crippen molar-refractivity contribution in [2.24, 2.45) is 11.8 Å². The first-order valence-corrected chi connectivity index (χ1v) is 6.17. The van der Waals surface area contributed by atoms with E-state index >= 15 is 0 Å². The molecule has 0 aromatic rings. The quantitative estimate of drug-likeness (QED) is 0.550. The molecule has 0 aromatic heterocycles. The average Bonchev–Trinajstić information content (AvgIpc) is 2.27. The molecule has 0 aromatic carbocycles. The van der Waals surface area contributed by atoms with Crippen molar-refractivity contribution in [3.63, 3.8) is 0 Å². The van der Waals surface area contributed by atoms with Crippen LogP contribution in [0.4, 0.5) is 0 Å². The predicted octanol–water partition coefficient (Wildman–Crippen LogP) is 3.44. The highest BCUT2D eigenvalue weighted by atomic mass is 16.5. The molecule has 0 radical (unpaired) electrons. The Morgan fingerprint density at radius 2 is 2.00 bits per heavy atom. The van der Waals surface area contributed by atoms with E-state index < -0.39 is 0 Å². The summed E-state index contributed by atoms with van der Waals surface area (Å²) in [6, 6.07) is 0. The van der Waals surface area contributed by atoms with Crippen molar-refractivity contribution < 1.29 is 9.53 Å². The first kappa shape index (κ1) is 14.6. The van der Waals surface area contributed by atoms with E-state index in [1.165, 1.54) is 19.3 Å². The van der Waals surface area contributed by atoms with Crippen LogP contribution in [0.2, 0.25) is 0 Å². The van der Waals surface area contributed by atoms with Gasteiger partial charge in [0.1, 0.15) is 6.29 Å². The highest BCUT2D eigenvalue weighted by Gasteiger charge is 2.24. The van der Waals surface area contributed by atoms with Gasteiger partial charge in [-0.25, -0.2) is 0 Å². The molecular formula is C13H26O2. The lowest BCUT2D eigenvalue weighted by Gasteiger charge is -2.29. The van der Waals surface area contributed by atoms with Gasteiger partial charge in [0.05, 0.1) is 6.10 Å². The number of carbonyl (C=O) groups excluding carboxylic acids is 1. The van der Waals surface area contributed by atoms with Crippen LogP contribution in [-0.4, -0.2) is 19.5 Å². The van der Waals surface area contributed by atoms with Gasteiger partial charge in [-0.15, -0.1) is 0 Å². The standard InChI is InChI=1S/C13H26O2/c1-5-7-8-12(11(3)6-2)13(15-4)9-10-14/h10-13H,5-9H2,1-4H3. The molecule has 0 fully saturated rings. The van der Waals surface area contributed by atoms with Gasteiger partial charge in [-0.3, -0.25) is 0 Å². The third kappa shape index (κ3) is 5.31. The first-order chi connectivity index (χ1) is 7.21. The maximum Gasteiger partial charge on any atom is 0.122 e. The van der Waals surface area contributed by atoms with Gasteiger partial charge in [-0.2, -0.15) is 0 Å². The monoisotopic (exact) mass is 214 g/mol. The minimum atomic E-state index is 0.115. The number of carbonyl (C=O) groups is 1. The molecule has 90 valence electrons. The van der Waals surface area contributed by atoms with Crippen molar-refractivity contribution in [1.82, 2.24) is 0 Å². The summed E-state index contributed by atoms with van der Waals surface area (Å²) in [6.07, 6.45) is 6.41. The Kier molecular flexibility index (Phi) is 8.68. The molecule has 0 heterocycles. The summed E-state index contributed by atoms with van der Waals surface area (Å²) in [5, 5.41) is 0. The van der Waals surface area contributed by atoms with Crippen LogP contribution in [-0.2, 0) is 9.53 Å². The summed E-state index contributed by atoms with van der Waals surface area (Å²) < 4.78 is 5.44. The van der Waals surface area contributed by atoms with Crippen molar-refractivity contribution in [3.8, 4) is 0 Å². The fourth-order valence-electron chi connectivity index (χ4n) is 2.12. The van der Waals surface area contributed by atoms with Gasteiger partial charge in [0.15, 0.2) is 0 Å². The van der Waals surface area contributed by atoms with E-state index in [1.807, 2.05) is 0 Å². The number of unbranched alkanes of at least 4 members (excludes halogenated alkanes) is 1. The summed E-state index contributed by atoms with van der Waals surface area (Å²) >= 11 is 0. The minimum Gasteiger partial charge on any atom is -0.381 e. The molecule has 15 heavy (non-hydrogen) atoms. The second kappa shape index (κ2) is 8.90. The highest BCUT2D eigenvalue weighted by Crippen LogP contribution is 2.27. The van der Waals surface area contributed by atoms with Crippen molar-refractivity contribution in [3.05, 3.63) is 0 Å². The zero-order valence-corrected chi connectivity index (χ0v) is 10.7. The van der Waals surface area contributed by atoms with Gasteiger partial charge >= 0.3 is 0 Å². The first-order valence-electron chi connectivity index (χ1n) is 6.17. The predicted molar refractivity (Wildman–Crippen MR) is 63.9 cm³/mol. The van der Waals surface area contributed by atoms with Crippen LogP contribution in [0.5, 0.6) is 0 Å². The summed E-state index contributed by atoms with van der Waals surface area (Å²) in [5.74, 6) is 1.17. The lowest BCUT2D eigenvalue weighted by Crippen LogP contribution is -2.28. The summed E-state index contributed by atoms with van der Waals surface area (Å²) in [6.45, 7) is 6.67. The molecule has 0 saturated heterocycles. The van der Waals surface area contributed by atoms with E-state index in [1.54, 1.807) is 7.11 Å². The molecule has 2 nitrogen and oxygen atoms in total. The van der Waals surface area contributed by atoms with Gasteiger partial charge < -0.3 is 9.53 Å². The molecule has 0 rings (SSSR count). The number of rotatable bonds is 9. The number of hydrogen-bond donors (Lipinski definition) is 0. The van der Waals surface area contributed by atoms with Crippen LogP contribution in [0, 0.1) is 11.8 Å². The second-order valence-corrected chi connectivity index (χ2v) is 4.37. The maximum absolute atomic E-state index is 10.6. The number of hydrogen-bond acceptors (Lipinski definition) is 2. The third-order valence-electron chi connectivity index (χ3n) is 3.37. The molecule has 0 saturated carbocycles. The summed E-state index contributed by atoms with van der Waals surface area (Å²) in [4.78, 5) is 10.6. The lowest BCUT2D eigenvalue weighted by molar-refractivity contribution is -0.111. The largest absolute Gasteiger partial charge is 0.381 e. The highest BCUT2D eigenvalue weighted by molar-refractivity contribution is 5.50. The summed E-state index contributed by atoms with van der Waals surface area (Å²) in [5.41, 5.74) is 0. The van der Waals surface area contributed by atoms with Gasteiger partial charge in [0, 0.05) is 13.5 Å². The Morgan fingerprint density at radius 3 is 2.40 bits per heavy atom. The van der Waals surface area contributed by atoms with Crippen molar-refractivity contribution in [2.45, 2.75) is 59.0 Å². The van der Waals surface area contributed by atoms with Crippen LogP contribution in [0.1, 0.15) is 52.9 Å². The smallest absolute Gasteiger partial charge is 0.122 e. The van der Waals surface area contributed by atoms with E-state index in [0.29, 0.717) is 18.3 Å². The SMILES string of the molecule is CCCCC(C(C)CC)C(CC=O)OC. The zero-order chi connectivity index (χ0) is 11.7. The van der Waals surface area contributed by atoms with E-state index in [0.717, 1.165) is 12.7 Å².